The van der Waals surface area contributed by atoms with Crippen LogP contribution in [0.5, 0.6) is 0 Å². The number of amides is 2. The van der Waals surface area contributed by atoms with Crippen LogP contribution in [0.4, 0.5) is 5.69 Å². The van der Waals surface area contributed by atoms with Gasteiger partial charge in [-0.05, 0) is 36.5 Å². The van der Waals surface area contributed by atoms with E-state index >= 15 is 0 Å². The number of aryl methyl sites for hydroxylation is 2. The highest BCUT2D eigenvalue weighted by atomic mass is 16.2. The Morgan fingerprint density at radius 1 is 0.917 bits per heavy atom. The quantitative estimate of drug-likeness (QED) is 0.578. The molecule has 0 saturated heterocycles. The van der Waals surface area contributed by atoms with Gasteiger partial charge in [-0.25, -0.2) is 0 Å². The predicted octanol–water partition coefficient (Wildman–Crippen LogP) is 3.33. The SMILES string of the molecule is CCc1ccccc1NC(=O)CC(=O)NCCCc1ccccc1. The first-order valence-electron chi connectivity index (χ1n) is 8.37. The van der Waals surface area contributed by atoms with Gasteiger partial charge in [0.05, 0.1) is 0 Å². The molecule has 0 atom stereocenters. The van der Waals surface area contributed by atoms with Crippen LogP contribution in [0.2, 0.25) is 0 Å². The zero-order valence-corrected chi connectivity index (χ0v) is 14.0. The van der Waals surface area contributed by atoms with Gasteiger partial charge in [-0.1, -0.05) is 55.5 Å². The molecule has 0 aliphatic heterocycles. The highest BCUT2D eigenvalue weighted by Crippen LogP contribution is 2.15. The Morgan fingerprint density at radius 2 is 1.62 bits per heavy atom. The van der Waals surface area contributed by atoms with Crippen LogP contribution in [0.1, 0.15) is 30.9 Å². The molecule has 0 heterocycles. The van der Waals surface area contributed by atoms with Crippen LogP contribution >= 0.6 is 0 Å². The molecule has 0 radical (unpaired) electrons. The largest absolute Gasteiger partial charge is 0.356 e. The van der Waals surface area contributed by atoms with Crippen LogP contribution < -0.4 is 10.6 Å². The van der Waals surface area contributed by atoms with Gasteiger partial charge in [0.25, 0.3) is 0 Å². The second-order valence-corrected chi connectivity index (χ2v) is 5.67. The van der Waals surface area contributed by atoms with Crippen molar-refractivity contribution in [2.45, 2.75) is 32.6 Å². The summed E-state index contributed by atoms with van der Waals surface area (Å²) in [5, 5.41) is 5.61. The molecule has 0 saturated carbocycles. The van der Waals surface area contributed by atoms with Crippen molar-refractivity contribution in [3.8, 4) is 0 Å². The van der Waals surface area contributed by atoms with E-state index < -0.39 is 0 Å². The van der Waals surface area contributed by atoms with E-state index in [0.717, 1.165) is 30.5 Å². The lowest BCUT2D eigenvalue weighted by Gasteiger charge is -2.10. The van der Waals surface area contributed by atoms with Crippen LogP contribution in [0.3, 0.4) is 0 Å². The predicted molar refractivity (Wildman–Crippen MR) is 96.8 cm³/mol. The summed E-state index contributed by atoms with van der Waals surface area (Å²) in [5.41, 5.74) is 3.09. The maximum atomic E-state index is 12.0. The molecule has 2 rings (SSSR count). The van der Waals surface area contributed by atoms with Crippen molar-refractivity contribution in [2.75, 3.05) is 11.9 Å². The van der Waals surface area contributed by atoms with E-state index in [2.05, 4.69) is 22.8 Å². The highest BCUT2D eigenvalue weighted by molar-refractivity contribution is 6.03. The minimum absolute atomic E-state index is 0.149. The average molecular weight is 324 g/mol. The number of benzene rings is 2. The molecule has 2 aromatic rings. The van der Waals surface area contributed by atoms with E-state index in [0.29, 0.717) is 6.54 Å². The normalized spacial score (nSPS) is 10.2. The lowest BCUT2D eigenvalue weighted by molar-refractivity contribution is -0.126. The second-order valence-electron chi connectivity index (χ2n) is 5.67. The summed E-state index contributed by atoms with van der Waals surface area (Å²) in [6.07, 6.45) is 2.46. The molecule has 0 aliphatic rings. The van der Waals surface area contributed by atoms with E-state index in [4.69, 9.17) is 0 Å². The first-order chi connectivity index (χ1) is 11.7. The third-order valence-electron chi connectivity index (χ3n) is 3.80. The summed E-state index contributed by atoms with van der Waals surface area (Å²) in [6, 6.07) is 17.8. The molecule has 0 fully saturated rings. The number of carbonyl (C=O) groups is 2. The fourth-order valence-electron chi connectivity index (χ4n) is 2.52. The maximum Gasteiger partial charge on any atom is 0.233 e. The lowest BCUT2D eigenvalue weighted by Crippen LogP contribution is -2.29. The summed E-state index contributed by atoms with van der Waals surface area (Å²) < 4.78 is 0. The standard InChI is InChI=1S/C20H24N2O2/c1-2-17-12-6-7-13-18(17)22-20(24)15-19(23)21-14-8-11-16-9-4-3-5-10-16/h3-7,9-10,12-13H,2,8,11,14-15H2,1H3,(H,21,23)(H,22,24). The van der Waals surface area contributed by atoms with Crippen LogP contribution in [-0.2, 0) is 22.4 Å². The first kappa shape index (κ1) is 17.7. The molecule has 0 aromatic heterocycles. The highest BCUT2D eigenvalue weighted by Gasteiger charge is 2.10. The number of anilines is 1. The van der Waals surface area contributed by atoms with Gasteiger partial charge in [0.1, 0.15) is 6.42 Å². The fourth-order valence-corrected chi connectivity index (χ4v) is 2.52. The van der Waals surface area contributed by atoms with Crippen LogP contribution in [0.25, 0.3) is 0 Å². The van der Waals surface area contributed by atoms with E-state index in [9.17, 15) is 9.59 Å². The summed E-state index contributed by atoms with van der Waals surface area (Å²) >= 11 is 0. The van der Waals surface area contributed by atoms with Gasteiger partial charge >= 0.3 is 0 Å². The van der Waals surface area contributed by atoms with Crippen molar-refractivity contribution < 1.29 is 9.59 Å². The maximum absolute atomic E-state index is 12.0. The molecule has 2 N–H and O–H groups in total. The molecule has 4 heteroatoms. The van der Waals surface area contributed by atoms with E-state index in [1.165, 1.54) is 5.56 Å². The van der Waals surface area contributed by atoms with Crippen molar-refractivity contribution in [3.05, 3.63) is 65.7 Å². The minimum atomic E-state index is -0.281. The number of hydrogen-bond acceptors (Lipinski definition) is 2. The summed E-state index contributed by atoms with van der Waals surface area (Å²) in [5.74, 6) is -0.522. The Morgan fingerprint density at radius 3 is 2.38 bits per heavy atom. The van der Waals surface area contributed by atoms with Gasteiger partial charge in [0.15, 0.2) is 0 Å². The molecule has 0 spiro atoms. The van der Waals surface area contributed by atoms with Gasteiger partial charge in [-0.2, -0.15) is 0 Å². The number of para-hydroxylation sites is 1. The number of nitrogens with one attached hydrogen (secondary N) is 2. The third-order valence-corrected chi connectivity index (χ3v) is 3.80. The molecule has 24 heavy (non-hydrogen) atoms. The molecule has 0 bridgehead atoms. The molecule has 2 amide bonds. The van der Waals surface area contributed by atoms with Crippen LogP contribution in [0.15, 0.2) is 54.6 Å². The molecule has 0 aliphatic carbocycles. The number of rotatable bonds is 8. The smallest absolute Gasteiger partial charge is 0.233 e. The Kier molecular flexibility index (Phi) is 7.02. The van der Waals surface area contributed by atoms with Gasteiger partial charge < -0.3 is 10.6 Å². The Bertz CT molecular complexity index is 668. The zero-order valence-electron chi connectivity index (χ0n) is 14.0. The number of carbonyl (C=O) groups excluding carboxylic acids is 2. The van der Waals surface area contributed by atoms with Crippen molar-refractivity contribution >= 4 is 17.5 Å². The number of hydrogen-bond donors (Lipinski definition) is 2. The zero-order chi connectivity index (χ0) is 17.2. The van der Waals surface area contributed by atoms with E-state index in [1.54, 1.807) is 0 Å². The molecular formula is C20H24N2O2. The van der Waals surface area contributed by atoms with Gasteiger partial charge in [-0.3, -0.25) is 9.59 Å². The average Bonchev–Trinajstić information content (AvgIpc) is 2.60. The Hall–Kier alpha value is -2.62. The lowest BCUT2D eigenvalue weighted by atomic mass is 10.1. The minimum Gasteiger partial charge on any atom is -0.356 e. The van der Waals surface area contributed by atoms with Crippen molar-refractivity contribution in [3.63, 3.8) is 0 Å². The monoisotopic (exact) mass is 324 g/mol. The third kappa shape index (κ3) is 5.88. The van der Waals surface area contributed by atoms with Gasteiger partial charge in [0.2, 0.25) is 11.8 Å². The summed E-state index contributed by atoms with van der Waals surface area (Å²) in [6.45, 7) is 2.61. The van der Waals surface area contributed by atoms with Gasteiger partial charge in [0, 0.05) is 12.2 Å². The molecular weight excluding hydrogens is 300 g/mol. The molecule has 126 valence electrons. The fraction of sp³-hybridized carbons (Fsp3) is 0.300. The second kappa shape index (κ2) is 9.50. The van der Waals surface area contributed by atoms with Crippen molar-refractivity contribution in [1.29, 1.82) is 0 Å². The van der Waals surface area contributed by atoms with Crippen LogP contribution in [0, 0.1) is 0 Å². The van der Waals surface area contributed by atoms with E-state index in [1.807, 2.05) is 49.4 Å². The van der Waals surface area contributed by atoms with Crippen molar-refractivity contribution in [2.24, 2.45) is 0 Å². The summed E-state index contributed by atoms with van der Waals surface area (Å²) in [4.78, 5) is 23.8. The Balaban J connectivity index is 1.69. The van der Waals surface area contributed by atoms with Gasteiger partial charge in [-0.15, -0.1) is 0 Å². The first-order valence-corrected chi connectivity index (χ1v) is 8.37. The van der Waals surface area contributed by atoms with Crippen molar-refractivity contribution in [1.82, 2.24) is 5.32 Å². The van der Waals surface area contributed by atoms with E-state index in [-0.39, 0.29) is 18.2 Å². The molecule has 2 aromatic carbocycles. The summed E-state index contributed by atoms with van der Waals surface area (Å²) in [7, 11) is 0. The topological polar surface area (TPSA) is 58.2 Å². The van der Waals surface area contributed by atoms with Crippen LogP contribution in [-0.4, -0.2) is 18.4 Å². The Labute approximate surface area is 143 Å². The molecule has 4 nitrogen and oxygen atoms in total. The molecule has 0 unspecified atom stereocenters.